The van der Waals surface area contributed by atoms with Crippen molar-refractivity contribution in [1.29, 1.82) is 0 Å². The Kier molecular flexibility index (Phi) is 5.93. The molecule has 1 aliphatic heterocycles. The van der Waals surface area contributed by atoms with Gasteiger partial charge < -0.3 is 9.80 Å². The van der Waals surface area contributed by atoms with E-state index in [0.717, 1.165) is 38.2 Å². The molecule has 0 fully saturated rings. The van der Waals surface area contributed by atoms with E-state index in [9.17, 15) is 4.79 Å². The van der Waals surface area contributed by atoms with Gasteiger partial charge in [-0.15, -0.1) is 23.1 Å². The van der Waals surface area contributed by atoms with Gasteiger partial charge in [-0.05, 0) is 63.2 Å². The van der Waals surface area contributed by atoms with Gasteiger partial charge >= 0.3 is 0 Å². The summed E-state index contributed by atoms with van der Waals surface area (Å²) in [4.78, 5) is 18.1. The van der Waals surface area contributed by atoms with Gasteiger partial charge in [-0.2, -0.15) is 0 Å². The van der Waals surface area contributed by atoms with E-state index in [0.29, 0.717) is 5.91 Å². The zero-order valence-corrected chi connectivity index (χ0v) is 14.2. The maximum Gasteiger partial charge on any atom is 0.235 e. The minimum Gasteiger partial charge on any atom is -0.337 e. The molecule has 0 bridgehead atoms. The van der Waals surface area contributed by atoms with Crippen molar-refractivity contribution in [2.45, 2.75) is 31.6 Å². The number of rotatable bonds is 6. The fraction of sp³-hybridized carbons (Fsp3) is 0.667. The van der Waals surface area contributed by atoms with Crippen LogP contribution in [0, 0.1) is 0 Å². The molecule has 20 heavy (non-hydrogen) atoms. The van der Waals surface area contributed by atoms with Crippen molar-refractivity contribution in [1.82, 2.24) is 9.80 Å². The normalized spacial score (nSPS) is 16.3. The zero-order valence-electron chi connectivity index (χ0n) is 12.6. The molecule has 0 N–H and O–H groups in total. The summed E-state index contributed by atoms with van der Waals surface area (Å²) < 4.78 is 0. The molecule has 0 unspecified atom stereocenters. The van der Waals surface area contributed by atoms with Crippen LogP contribution in [0.25, 0.3) is 0 Å². The van der Waals surface area contributed by atoms with E-state index in [1.807, 2.05) is 23.2 Å². The highest BCUT2D eigenvalue weighted by atomic mass is 32.2. The average molecular weight is 313 g/mol. The molecule has 2 heterocycles. The van der Waals surface area contributed by atoms with Crippen LogP contribution in [-0.4, -0.2) is 53.9 Å². The van der Waals surface area contributed by atoms with Crippen LogP contribution in [0.5, 0.6) is 0 Å². The van der Waals surface area contributed by atoms with Crippen molar-refractivity contribution in [3.63, 3.8) is 0 Å². The Hall–Kier alpha value is -0.520. The van der Waals surface area contributed by atoms with E-state index in [1.165, 1.54) is 10.4 Å². The summed E-state index contributed by atoms with van der Waals surface area (Å²) in [6, 6.07) is 2.16. The van der Waals surface area contributed by atoms with Crippen molar-refractivity contribution in [3.8, 4) is 0 Å². The molecule has 0 aliphatic carbocycles. The first kappa shape index (κ1) is 15.9. The molecule has 1 amide bonds. The Morgan fingerprint density at radius 2 is 2.35 bits per heavy atom. The highest BCUT2D eigenvalue weighted by Crippen LogP contribution is 2.25. The molecule has 1 aliphatic rings. The van der Waals surface area contributed by atoms with Crippen LogP contribution < -0.4 is 0 Å². The molecular formula is C15H24N2OS2. The van der Waals surface area contributed by atoms with Gasteiger partial charge in [0, 0.05) is 18.0 Å². The second-order valence-corrected chi connectivity index (χ2v) is 8.00. The second kappa shape index (κ2) is 7.48. The maximum atomic E-state index is 12.5. The Morgan fingerprint density at radius 1 is 1.55 bits per heavy atom. The average Bonchev–Trinajstić information content (AvgIpc) is 2.89. The number of fused-ring (bicyclic) bond motifs is 1. The third-order valence-electron chi connectivity index (χ3n) is 3.58. The molecular weight excluding hydrogens is 288 g/mol. The van der Waals surface area contributed by atoms with E-state index >= 15 is 0 Å². The predicted octanol–water partition coefficient (Wildman–Crippen LogP) is 2.71. The fourth-order valence-corrected chi connectivity index (χ4v) is 4.24. The number of thiophene rings is 1. The van der Waals surface area contributed by atoms with Crippen LogP contribution in [0.15, 0.2) is 11.4 Å². The molecule has 2 rings (SSSR count). The van der Waals surface area contributed by atoms with Gasteiger partial charge in [0.05, 0.1) is 5.25 Å². The van der Waals surface area contributed by atoms with Crippen LogP contribution in [-0.2, 0) is 17.8 Å². The number of carbonyl (C=O) groups excluding carboxylic acids is 1. The Balaban J connectivity index is 1.77. The van der Waals surface area contributed by atoms with Gasteiger partial charge in [0.2, 0.25) is 5.91 Å². The predicted molar refractivity (Wildman–Crippen MR) is 88.5 cm³/mol. The standard InChI is InChI=1S/C15H24N2OS2/c1-12(19-9-4-7-16(2)3)15(18)17-8-5-14-13(11-17)6-10-20-14/h6,10,12H,4-5,7-9,11H2,1-3H3/t12-/m0/s1. The first-order valence-corrected chi connectivity index (χ1v) is 9.11. The summed E-state index contributed by atoms with van der Waals surface area (Å²) in [6.07, 6.45) is 2.17. The molecule has 0 spiro atoms. The first-order chi connectivity index (χ1) is 9.58. The minimum atomic E-state index is 0.0809. The number of carbonyl (C=O) groups is 1. The maximum absolute atomic E-state index is 12.5. The van der Waals surface area contributed by atoms with Gasteiger partial charge in [-0.1, -0.05) is 0 Å². The lowest BCUT2D eigenvalue weighted by molar-refractivity contribution is -0.131. The first-order valence-electron chi connectivity index (χ1n) is 7.18. The van der Waals surface area contributed by atoms with Gasteiger partial charge in [-0.3, -0.25) is 4.79 Å². The van der Waals surface area contributed by atoms with E-state index in [-0.39, 0.29) is 5.25 Å². The molecule has 1 atom stereocenters. The summed E-state index contributed by atoms with van der Waals surface area (Å²) in [5, 5.41) is 2.22. The van der Waals surface area contributed by atoms with Crippen molar-refractivity contribution < 1.29 is 4.79 Å². The topological polar surface area (TPSA) is 23.6 Å². The fourth-order valence-electron chi connectivity index (χ4n) is 2.41. The lowest BCUT2D eigenvalue weighted by Crippen LogP contribution is -2.39. The largest absolute Gasteiger partial charge is 0.337 e. The minimum absolute atomic E-state index is 0.0809. The summed E-state index contributed by atoms with van der Waals surface area (Å²) in [7, 11) is 4.18. The van der Waals surface area contributed by atoms with Crippen LogP contribution in [0.2, 0.25) is 0 Å². The molecule has 0 saturated heterocycles. The van der Waals surface area contributed by atoms with Crippen molar-refractivity contribution in [2.75, 3.05) is 32.9 Å². The molecule has 0 saturated carbocycles. The Labute approximate surface area is 130 Å². The molecule has 0 radical (unpaired) electrons. The second-order valence-electron chi connectivity index (χ2n) is 5.55. The molecule has 0 aromatic carbocycles. The van der Waals surface area contributed by atoms with Crippen molar-refractivity contribution in [2.24, 2.45) is 0 Å². The van der Waals surface area contributed by atoms with Crippen molar-refractivity contribution >= 4 is 29.0 Å². The molecule has 1 aromatic rings. The quantitative estimate of drug-likeness (QED) is 0.755. The Morgan fingerprint density at radius 3 is 3.10 bits per heavy atom. The lowest BCUT2D eigenvalue weighted by atomic mass is 10.1. The third-order valence-corrected chi connectivity index (χ3v) is 5.83. The number of hydrogen-bond donors (Lipinski definition) is 0. The van der Waals surface area contributed by atoms with Gasteiger partial charge in [0.15, 0.2) is 0 Å². The summed E-state index contributed by atoms with van der Waals surface area (Å²) in [5.41, 5.74) is 1.35. The molecule has 112 valence electrons. The van der Waals surface area contributed by atoms with Gasteiger partial charge in [0.1, 0.15) is 0 Å². The van der Waals surface area contributed by atoms with Gasteiger partial charge in [-0.25, -0.2) is 0 Å². The monoisotopic (exact) mass is 312 g/mol. The lowest BCUT2D eigenvalue weighted by Gasteiger charge is -2.29. The number of thioether (sulfide) groups is 1. The van der Waals surface area contributed by atoms with E-state index < -0.39 is 0 Å². The summed E-state index contributed by atoms with van der Waals surface area (Å²) in [6.45, 7) is 4.83. The molecule has 1 aromatic heterocycles. The Bertz CT molecular complexity index is 445. The summed E-state index contributed by atoms with van der Waals surface area (Å²) in [5.74, 6) is 1.36. The SMILES string of the molecule is C[C@H](SCCCN(C)C)C(=O)N1CCc2sccc2C1. The van der Waals surface area contributed by atoms with E-state index in [4.69, 9.17) is 0 Å². The molecule has 5 heteroatoms. The van der Waals surface area contributed by atoms with Crippen molar-refractivity contribution in [3.05, 3.63) is 21.9 Å². The summed E-state index contributed by atoms with van der Waals surface area (Å²) >= 11 is 3.61. The van der Waals surface area contributed by atoms with E-state index in [2.05, 4.69) is 30.4 Å². The van der Waals surface area contributed by atoms with E-state index in [1.54, 1.807) is 11.8 Å². The van der Waals surface area contributed by atoms with Gasteiger partial charge in [0.25, 0.3) is 0 Å². The number of amides is 1. The van der Waals surface area contributed by atoms with Crippen LogP contribution in [0.4, 0.5) is 0 Å². The number of nitrogens with zero attached hydrogens (tertiary/aromatic N) is 2. The van der Waals surface area contributed by atoms with Crippen LogP contribution >= 0.6 is 23.1 Å². The number of hydrogen-bond acceptors (Lipinski definition) is 4. The molecule has 3 nitrogen and oxygen atoms in total. The smallest absolute Gasteiger partial charge is 0.235 e. The highest BCUT2D eigenvalue weighted by Gasteiger charge is 2.25. The van der Waals surface area contributed by atoms with Crippen LogP contribution in [0.1, 0.15) is 23.8 Å². The third kappa shape index (κ3) is 4.24. The highest BCUT2D eigenvalue weighted by molar-refractivity contribution is 8.00. The van der Waals surface area contributed by atoms with Crippen LogP contribution in [0.3, 0.4) is 0 Å². The zero-order chi connectivity index (χ0) is 14.5.